The van der Waals surface area contributed by atoms with Crippen molar-refractivity contribution >= 4 is 17.2 Å². The molecule has 0 spiro atoms. The Morgan fingerprint density at radius 1 is 1.30 bits per heavy atom. The summed E-state index contributed by atoms with van der Waals surface area (Å²) in [5.74, 6) is 0.255. The average molecular weight is 384 g/mol. The van der Waals surface area contributed by atoms with Crippen LogP contribution in [0.4, 0.5) is 0 Å². The third-order valence-electron chi connectivity index (χ3n) is 6.00. The van der Waals surface area contributed by atoms with Crippen LogP contribution in [0.1, 0.15) is 65.2 Å². The fraction of sp³-hybridized carbons (Fsp3) is 0.545. The molecule has 4 nitrogen and oxygen atoms in total. The van der Waals surface area contributed by atoms with Crippen LogP contribution in [-0.2, 0) is 25.9 Å². The fourth-order valence-corrected chi connectivity index (χ4v) is 5.35. The molecule has 144 valence electrons. The number of amides is 1. The Morgan fingerprint density at radius 2 is 2.19 bits per heavy atom. The molecular weight excluding hydrogens is 354 g/mol. The van der Waals surface area contributed by atoms with Crippen LogP contribution in [0.25, 0.3) is 0 Å². The molecule has 1 amide bonds. The highest BCUT2D eigenvalue weighted by Gasteiger charge is 2.29. The molecule has 2 aliphatic heterocycles. The van der Waals surface area contributed by atoms with Crippen molar-refractivity contribution in [1.29, 1.82) is 0 Å². The van der Waals surface area contributed by atoms with Crippen LogP contribution < -0.4 is 0 Å². The second-order valence-corrected chi connectivity index (χ2v) is 8.83. The summed E-state index contributed by atoms with van der Waals surface area (Å²) in [4.78, 5) is 23.6. The fourth-order valence-electron chi connectivity index (χ4n) is 4.24. The van der Waals surface area contributed by atoms with Crippen molar-refractivity contribution in [2.24, 2.45) is 0 Å². The zero-order valence-electron chi connectivity index (χ0n) is 16.4. The van der Waals surface area contributed by atoms with E-state index in [1.165, 1.54) is 22.4 Å². The number of hydrogen-bond donors (Lipinski definition) is 0. The molecule has 0 aliphatic carbocycles. The lowest BCUT2D eigenvalue weighted by Gasteiger charge is -2.34. The van der Waals surface area contributed by atoms with Crippen molar-refractivity contribution in [3.63, 3.8) is 0 Å². The Kier molecular flexibility index (Phi) is 5.60. The van der Waals surface area contributed by atoms with Crippen LogP contribution in [0.2, 0.25) is 0 Å². The molecule has 1 atom stereocenters. The number of carbonyl (C=O) groups is 1. The van der Waals surface area contributed by atoms with Gasteiger partial charge in [-0.2, -0.15) is 0 Å². The minimum atomic E-state index is 0.255. The Morgan fingerprint density at radius 3 is 2.93 bits per heavy atom. The van der Waals surface area contributed by atoms with E-state index < -0.39 is 0 Å². The number of thiophene rings is 1. The maximum absolute atomic E-state index is 13.1. The number of rotatable bonds is 4. The Balaban J connectivity index is 1.44. The number of hydrogen-bond acceptors (Lipinski definition) is 4. The third kappa shape index (κ3) is 3.94. The third-order valence-corrected chi connectivity index (χ3v) is 7.01. The quantitative estimate of drug-likeness (QED) is 0.791. The summed E-state index contributed by atoms with van der Waals surface area (Å²) in [6, 6.07) is 4.70. The maximum atomic E-state index is 13.1. The van der Waals surface area contributed by atoms with E-state index in [0.717, 1.165) is 63.1 Å². The van der Waals surface area contributed by atoms with Gasteiger partial charge in [-0.05, 0) is 56.2 Å². The van der Waals surface area contributed by atoms with E-state index in [-0.39, 0.29) is 5.91 Å². The van der Waals surface area contributed by atoms with E-state index in [1.807, 2.05) is 6.20 Å². The molecule has 0 aromatic carbocycles. The second-order valence-electron chi connectivity index (χ2n) is 7.87. The smallest absolute Gasteiger partial charge is 0.255 e. The van der Waals surface area contributed by atoms with E-state index >= 15 is 0 Å². The Labute approximate surface area is 166 Å². The van der Waals surface area contributed by atoms with Gasteiger partial charge in [0.25, 0.3) is 5.91 Å². The predicted octanol–water partition coefficient (Wildman–Crippen LogP) is 4.28. The minimum Gasteiger partial charge on any atom is -0.336 e. The molecule has 27 heavy (non-hydrogen) atoms. The monoisotopic (exact) mass is 383 g/mol. The molecule has 5 heteroatoms. The number of piperidine rings is 1. The standard InChI is InChI=1S/C22H29N3OS/c1-3-17-7-8-18(23-12-17)13-24-11-9-19-20(15-27-21(19)14-24)22(26)25-10-5-4-6-16(25)2/h7-8,12,15-16H,3-6,9-11,13-14H2,1-2H3/t16-/m1/s1. The molecule has 0 radical (unpaired) electrons. The number of carbonyl (C=O) groups excluding carboxylic acids is 1. The van der Waals surface area contributed by atoms with Gasteiger partial charge in [0.2, 0.25) is 0 Å². The van der Waals surface area contributed by atoms with Gasteiger partial charge in [-0.15, -0.1) is 11.3 Å². The van der Waals surface area contributed by atoms with Crippen molar-refractivity contribution in [3.05, 3.63) is 51.0 Å². The normalized spacial score (nSPS) is 20.5. The van der Waals surface area contributed by atoms with Gasteiger partial charge in [-0.3, -0.25) is 14.7 Å². The molecule has 0 unspecified atom stereocenters. The van der Waals surface area contributed by atoms with Gasteiger partial charge in [0.05, 0.1) is 11.3 Å². The first-order valence-electron chi connectivity index (χ1n) is 10.2. The lowest BCUT2D eigenvalue weighted by molar-refractivity contribution is 0.0634. The number of aryl methyl sites for hydroxylation is 1. The van der Waals surface area contributed by atoms with Crippen LogP contribution in [0.5, 0.6) is 0 Å². The lowest BCUT2D eigenvalue weighted by atomic mass is 9.99. The van der Waals surface area contributed by atoms with Crippen LogP contribution in [-0.4, -0.2) is 39.8 Å². The number of pyridine rings is 1. The van der Waals surface area contributed by atoms with Crippen LogP contribution in [0.15, 0.2) is 23.7 Å². The number of fused-ring (bicyclic) bond motifs is 1. The van der Waals surface area contributed by atoms with Gasteiger partial charge in [-0.1, -0.05) is 13.0 Å². The second kappa shape index (κ2) is 8.11. The molecular formula is C22H29N3OS. The molecule has 0 N–H and O–H groups in total. The number of nitrogens with zero attached hydrogens (tertiary/aromatic N) is 3. The van der Waals surface area contributed by atoms with E-state index in [0.29, 0.717) is 6.04 Å². The largest absolute Gasteiger partial charge is 0.336 e. The maximum Gasteiger partial charge on any atom is 0.255 e. The van der Waals surface area contributed by atoms with Gasteiger partial charge in [0.1, 0.15) is 0 Å². The number of likely N-dealkylation sites (tertiary alicyclic amines) is 1. The predicted molar refractivity (Wildman–Crippen MR) is 110 cm³/mol. The van der Waals surface area contributed by atoms with Crippen molar-refractivity contribution in [2.45, 2.75) is 65.1 Å². The molecule has 1 fully saturated rings. The van der Waals surface area contributed by atoms with Crippen molar-refractivity contribution in [2.75, 3.05) is 13.1 Å². The van der Waals surface area contributed by atoms with Gasteiger partial charge in [-0.25, -0.2) is 0 Å². The molecule has 1 saturated heterocycles. The van der Waals surface area contributed by atoms with E-state index in [2.05, 4.69) is 46.1 Å². The lowest BCUT2D eigenvalue weighted by Crippen LogP contribution is -2.42. The van der Waals surface area contributed by atoms with Crippen LogP contribution in [0, 0.1) is 0 Å². The van der Waals surface area contributed by atoms with Crippen LogP contribution in [0.3, 0.4) is 0 Å². The van der Waals surface area contributed by atoms with E-state index in [4.69, 9.17) is 0 Å². The first-order chi connectivity index (χ1) is 13.2. The molecule has 4 heterocycles. The van der Waals surface area contributed by atoms with Crippen LogP contribution >= 0.6 is 11.3 Å². The highest BCUT2D eigenvalue weighted by atomic mass is 32.1. The van der Waals surface area contributed by atoms with Gasteiger partial charge >= 0.3 is 0 Å². The first kappa shape index (κ1) is 18.6. The average Bonchev–Trinajstić information content (AvgIpc) is 3.12. The van der Waals surface area contributed by atoms with E-state index in [9.17, 15) is 4.79 Å². The number of aromatic nitrogens is 1. The topological polar surface area (TPSA) is 36.4 Å². The summed E-state index contributed by atoms with van der Waals surface area (Å²) >= 11 is 1.76. The molecule has 0 bridgehead atoms. The molecule has 0 saturated carbocycles. The zero-order valence-corrected chi connectivity index (χ0v) is 17.2. The minimum absolute atomic E-state index is 0.255. The van der Waals surface area contributed by atoms with E-state index in [1.54, 1.807) is 11.3 Å². The van der Waals surface area contributed by atoms with Gasteiger partial charge in [0, 0.05) is 48.7 Å². The molecule has 2 aromatic heterocycles. The van der Waals surface area contributed by atoms with Crippen molar-refractivity contribution < 1.29 is 4.79 Å². The summed E-state index contributed by atoms with van der Waals surface area (Å²) in [6.45, 7) is 8.07. The SMILES string of the molecule is CCc1ccc(CN2CCc3c(C(=O)N4CCCC[C@H]4C)csc3C2)nc1. The van der Waals surface area contributed by atoms with Gasteiger partial charge < -0.3 is 4.90 Å². The van der Waals surface area contributed by atoms with Gasteiger partial charge in [0.15, 0.2) is 0 Å². The molecule has 2 aliphatic rings. The van der Waals surface area contributed by atoms with Crippen molar-refractivity contribution in [3.8, 4) is 0 Å². The summed E-state index contributed by atoms with van der Waals surface area (Å²) in [5, 5.41) is 2.10. The highest BCUT2D eigenvalue weighted by molar-refractivity contribution is 7.10. The summed E-state index contributed by atoms with van der Waals surface area (Å²) in [5.41, 5.74) is 4.68. The summed E-state index contributed by atoms with van der Waals surface area (Å²) in [6.07, 6.45) is 7.51. The molecule has 4 rings (SSSR count). The zero-order chi connectivity index (χ0) is 18.8. The van der Waals surface area contributed by atoms with Crippen molar-refractivity contribution in [1.82, 2.24) is 14.8 Å². The Bertz CT molecular complexity index is 798. The summed E-state index contributed by atoms with van der Waals surface area (Å²) in [7, 11) is 0. The molecule has 2 aromatic rings. The highest BCUT2D eigenvalue weighted by Crippen LogP contribution is 2.31. The Hall–Kier alpha value is -1.72. The summed E-state index contributed by atoms with van der Waals surface area (Å²) < 4.78 is 0. The first-order valence-corrected chi connectivity index (χ1v) is 11.1.